The highest BCUT2D eigenvalue weighted by molar-refractivity contribution is 5.80. The Kier molecular flexibility index (Phi) is 2.52. The van der Waals surface area contributed by atoms with Crippen LogP contribution < -0.4 is 0 Å². The molecule has 0 spiro atoms. The molecule has 0 saturated heterocycles. The van der Waals surface area contributed by atoms with Gasteiger partial charge in [0.25, 0.3) is 0 Å². The summed E-state index contributed by atoms with van der Waals surface area (Å²) in [6.45, 7) is 0. The SMILES string of the molecule is O=C(O)C1(c2ccco2)CCC(O)CC1. The van der Waals surface area contributed by atoms with Gasteiger partial charge in [0.15, 0.2) is 0 Å². The summed E-state index contributed by atoms with van der Waals surface area (Å²) in [5.74, 6) is -0.355. The Morgan fingerprint density at radius 3 is 2.60 bits per heavy atom. The van der Waals surface area contributed by atoms with Gasteiger partial charge in [-0.25, -0.2) is 0 Å². The summed E-state index contributed by atoms with van der Waals surface area (Å²) in [4.78, 5) is 11.3. The van der Waals surface area contributed by atoms with Gasteiger partial charge < -0.3 is 14.6 Å². The van der Waals surface area contributed by atoms with Gasteiger partial charge in [-0.3, -0.25) is 4.79 Å². The maximum absolute atomic E-state index is 11.3. The van der Waals surface area contributed by atoms with E-state index in [1.54, 1.807) is 12.1 Å². The lowest BCUT2D eigenvalue weighted by atomic mass is 9.71. The largest absolute Gasteiger partial charge is 0.480 e. The van der Waals surface area contributed by atoms with Gasteiger partial charge in [-0.05, 0) is 37.8 Å². The van der Waals surface area contributed by atoms with Gasteiger partial charge in [-0.2, -0.15) is 0 Å². The third-order valence-corrected chi connectivity index (χ3v) is 3.21. The van der Waals surface area contributed by atoms with Crippen LogP contribution in [0.15, 0.2) is 22.8 Å². The Hall–Kier alpha value is -1.29. The molecule has 2 N–H and O–H groups in total. The van der Waals surface area contributed by atoms with Crippen LogP contribution in [0.1, 0.15) is 31.4 Å². The van der Waals surface area contributed by atoms with Crippen molar-refractivity contribution in [1.82, 2.24) is 0 Å². The van der Waals surface area contributed by atoms with Crippen LogP contribution in [0.2, 0.25) is 0 Å². The molecule has 1 heterocycles. The van der Waals surface area contributed by atoms with Crippen LogP contribution in [-0.4, -0.2) is 22.3 Å². The van der Waals surface area contributed by atoms with E-state index in [1.165, 1.54) is 6.26 Å². The van der Waals surface area contributed by atoms with Crippen LogP contribution in [0.4, 0.5) is 0 Å². The minimum Gasteiger partial charge on any atom is -0.480 e. The van der Waals surface area contributed by atoms with Gasteiger partial charge in [0, 0.05) is 0 Å². The number of carbonyl (C=O) groups is 1. The predicted octanol–water partition coefficient (Wildman–Crippen LogP) is 1.54. The second kappa shape index (κ2) is 3.70. The van der Waals surface area contributed by atoms with E-state index >= 15 is 0 Å². The average molecular weight is 210 g/mol. The number of aliphatic hydroxyl groups is 1. The van der Waals surface area contributed by atoms with Crippen LogP contribution >= 0.6 is 0 Å². The molecule has 4 nitrogen and oxygen atoms in total. The van der Waals surface area contributed by atoms with Gasteiger partial charge in [0.1, 0.15) is 11.2 Å². The fraction of sp³-hybridized carbons (Fsp3) is 0.545. The lowest BCUT2D eigenvalue weighted by Crippen LogP contribution is -2.40. The second-order valence-corrected chi connectivity index (χ2v) is 4.10. The number of furan rings is 1. The van der Waals surface area contributed by atoms with Crippen LogP contribution in [-0.2, 0) is 10.2 Å². The average Bonchev–Trinajstić information content (AvgIpc) is 2.72. The van der Waals surface area contributed by atoms with Crippen LogP contribution in [0, 0.1) is 0 Å². The van der Waals surface area contributed by atoms with E-state index in [9.17, 15) is 15.0 Å². The van der Waals surface area contributed by atoms with Crippen molar-refractivity contribution >= 4 is 5.97 Å². The monoisotopic (exact) mass is 210 g/mol. The molecule has 0 aromatic carbocycles. The Morgan fingerprint density at radius 2 is 2.13 bits per heavy atom. The molecular formula is C11H14O4. The molecule has 0 atom stereocenters. The minimum absolute atomic E-state index is 0.368. The van der Waals surface area contributed by atoms with Crippen molar-refractivity contribution in [1.29, 1.82) is 0 Å². The summed E-state index contributed by atoms with van der Waals surface area (Å²) in [6, 6.07) is 3.40. The highest BCUT2D eigenvalue weighted by Gasteiger charge is 2.45. The normalized spacial score (nSPS) is 31.4. The number of hydrogen-bond donors (Lipinski definition) is 2. The summed E-state index contributed by atoms with van der Waals surface area (Å²) in [5.41, 5.74) is -0.928. The molecule has 0 bridgehead atoms. The molecule has 0 amide bonds. The van der Waals surface area contributed by atoms with Gasteiger partial charge in [0.2, 0.25) is 0 Å². The van der Waals surface area contributed by atoms with Crippen molar-refractivity contribution in [2.45, 2.75) is 37.2 Å². The lowest BCUT2D eigenvalue weighted by molar-refractivity contribution is -0.147. The summed E-state index contributed by atoms with van der Waals surface area (Å²) >= 11 is 0. The van der Waals surface area contributed by atoms with E-state index in [-0.39, 0.29) is 6.10 Å². The Bertz CT molecular complexity index is 333. The molecule has 1 saturated carbocycles. The zero-order chi connectivity index (χ0) is 10.9. The molecule has 1 aliphatic rings. The molecule has 82 valence electrons. The standard InChI is InChI=1S/C11H14O4/c12-8-3-5-11(6-4-8,10(13)14)9-2-1-7-15-9/h1-2,7-8,12H,3-6H2,(H,13,14). The van der Waals surface area contributed by atoms with Gasteiger partial charge in [-0.1, -0.05) is 0 Å². The Labute approximate surface area is 87.5 Å². The van der Waals surface area contributed by atoms with Gasteiger partial charge >= 0.3 is 5.97 Å². The summed E-state index contributed by atoms with van der Waals surface area (Å²) in [7, 11) is 0. The zero-order valence-corrected chi connectivity index (χ0v) is 8.35. The van der Waals surface area contributed by atoms with Crippen molar-refractivity contribution in [3.63, 3.8) is 0 Å². The number of aliphatic carboxylic acids is 1. The third-order valence-electron chi connectivity index (χ3n) is 3.21. The fourth-order valence-corrected chi connectivity index (χ4v) is 2.21. The second-order valence-electron chi connectivity index (χ2n) is 4.10. The first-order valence-corrected chi connectivity index (χ1v) is 5.10. The molecule has 1 aromatic heterocycles. The number of hydrogen-bond acceptors (Lipinski definition) is 3. The van der Waals surface area contributed by atoms with Gasteiger partial charge in [0.05, 0.1) is 12.4 Å². The Morgan fingerprint density at radius 1 is 1.47 bits per heavy atom. The van der Waals surface area contributed by atoms with Gasteiger partial charge in [-0.15, -0.1) is 0 Å². The zero-order valence-electron chi connectivity index (χ0n) is 8.35. The molecule has 4 heteroatoms. The molecular weight excluding hydrogens is 196 g/mol. The van der Waals surface area contributed by atoms with Crippen molar-refractivity contribution in [3.05, 3.63) is 24.2 Å². The van der Waals surface area contributed by atoms with E-state index in [2.05, 4.69) is 0 Å². The summed E-state index contributed by atoms with van der Waals surface area (Å²) < 4.78 is 5.21. The van der Waals surface area contributed by atoms with E-state index in [1.807, 2.05) is 0 Å². The van der Waals surface area contributed by atoms with Crippen molar-refractivity contribution in [2.24, 2.45) is 0 Å². The van der Waals surface area contributed by atoms with Crippen molar-refractivity contribution in [3.8, 4) is 0 Å². The molecule has 1 aliphatic carbocycles. The molecule has 0 unspecified atom stereocenters. The molecule has 2 rings (SSSR count). The third kappa shape index (κ3) is 1.65. The molecule has 0 radical (unpaired) electrons. The number of carboxylic acids is 1. The highest BCUT2D eigenvalue weighted by atomic mass is 16.4. The Balaban J connectivity index is 2.30. The van der Waals surface area contributed by atoms with Crippen molar-refractivity contribution in [2.75, 3.05) is 0 Å². The maximum Gasteiger partial charge on any atom is 0.317 e. The van der Waals surface area contributed by atoms with Crippen LogP contribution in [0.5, 0.6) is 0 Å². The van der Waals surface area contributed by atoms with Crippen LogP contribution in [0.25, 0.3) is 0 Å². The predicted molar refractivity (Wildman–Crippen MR) is 52.5 cm³/mol. The smallest absolute Gasteiger partial charge is 0.317 e. The lowest BCUT2D eigenvalue weighted by Gasteiger charge is -2.33. The quantitative estimate of drug-likeness (QED) is 0.776. The first kappa shape index (κ1) is 10.2. The summed E-state index contributed by atoms with van der Waals surface area (Å²) in [5, 5.41) is 18.7. The minimum atomic E-state index is -0.928. The van der Waals surface area contributed by atoms with E-state index in [4.69, 9.17) is 4.42 Å². The van der Waals surface area contributed by atoms with E-state index in [0.717, 1.165) is 0 Å². The highest BCUT2D eigenvalue weighted by Crippen LogP contribution is 2.39. The fourth-order valence-electron chi connectivity index (χ4n) is 2.21. The first-order valence-electron chi connectivity index (χ1n) is 5.10. The van der Waals surface area contributed by atoms with E-state index in [0.29, 0.717) is 31.4 Å². The maximum atomic E-state index is 11.3. The van der Waals surface area contributed by atoms with Crippen LogP contribution in [0.3, 0.4) is 0 Å². The molecule has 0 aliphatic heterocycles. The molecule has 15 heavy (non-hydrogen) atoms. The molecule has 1 fully saturated rings. The first-order chi connectivity index (χ1) is 7.15. The topological polar surface area (TPSA) is 70.7 Å². The van der Waals surface area contributed by atoms with Crippen molar-refractivity contribution < 1.29 is 19.4 Å². The number of carboxylic acid groups (broad SMARTS) is 1. The molecule has 1 aromatic rings. The number of aliphatic hydroxyl groups excluding tert-OH is 1. The number of rotatable bonds is 2. The summed E-state index contributed by atoms with van der Waals surface area (Å²) in [6.07, 6.45) is 3.05. The van der Waals surface area contributed by atoms with E-state index < -0.39 is 11.4 Å².